The van der Waals surface area contributed by atoms with E-state index >= 15 is 0 Å². The van der Waals surface area contributed by atoms with Crippen LogP contribution in [0.3, 0.4) is 0 Å². The maximum atomic E-state index is 13.3. The third-order valence-corrected chi connectivity index (χ3v) is 9.54. The van der Waals surface area contributed by atoms with E-state index < -0.39 is 20.2 Å². The minimum absolute atomic E-state index is 0.0742. The monoisotopic (exact) mass is 477 g/mol. The first-order chi connectivity index (χ1) is 14.5. The number of methoxy groups -OCH3 is 2. The van der Waals surface area contributed by atoms with Gasteiger partial charge in [-0.3, -0.25) is 0 Å². The van der Waals surface area contributed by atoms with Crippen molar-refractivity contribution < 1.29 is 31.0 Å². The highest BCUT2D eigenvalue weighted by Crippen LogP contribution is 2.34. The van der Waals surface area contributed by atoms with Crippen LogP contribution in [0.25, 0.3) is 0 Å². The normalized spacial score (nSPS) is 24.8. The molecule has 0 amide bonds. The first kappa shape index (κ1) is 24.2. The third kappa shape index (κ3) is 4.83. The Labute approximate surface area is 184 Å². The zero-order valence-electron chi connectivity index (χ0n) is 18.6. The molecule has 1 aromatic rings. The average Bonchev–Trinajstić information content (AvgIpc) is 2.72. The van der Waals surface area contributed by atoms with Gasteiger partial charge in [0.1, 0.15) is 0 Å². The topological polar surface area (TPSA) is 106 Å². The summed E-state index contributed by atoms with van der Waals surface area (Å²) in [4.78, 5) is 0.122. The number of sulfonamides is 1. The average molecular weight is 478 g/mol. The Morgan fingerprint density at radius 3 is 1.84 bits per heavy atom. The van der Waals surface area contributed by atoms with Crippen LogP contribution in [-0.2, 0) is 25.0 Å². The van der Waals surface area contributed by atoms with E-state index in [0.29, 0.717) is 17.1 Å². The maximum absolute atomic E-state index is 13.3. The van der Waals surface area contributed by atoms with Crippen molar-refractivity contribution in [3.63, 3.8) is 0 Å². The molecule has 176 valence electrons. The lowest BCUT2D eigenvalue weighted by Crippen LogP contribution is -2.57. The largest absolute Gasteiger partial charge is 0.493 e. The molecule has 2 aliphatic heterocycles. The van der Waals surface area contributed by atoms with E-state index in [4.69, 9.17) is 14.2 Å². The second-order valence-electron chi connectivity index (χ2n) is 7.86. The SMILES string of the molecule is COc1cc(C)c(S(=O)(=O)N2CCN(S(=O)(=O)N3CC(C)OC(C)C3)CC2)cc1OC. The minimum Gasteiger partial charge on any atom is -0.493 e. The van der Waals surface area contributed by atoms with E-state index in [9.17, 15) is 16.8 Å². The van der Waals surface area contributed by atoms with Gasteiger partial charge in [-0.1, -0.05) is 0 Å². The molecule has 0 spiro atoms. The Morgan fingerprint density at radius 1 is 0.839 bits per heavy atom. The van der Waals surface area contributed by atoms with Crippen LogP contribution in [0.5, 0.6) is 11.5 Å². The highest BCUT2D eigenvalue weighted by Gasteiger charge is 2.39. The molecule has 2 saturated heterocycles. The van der Waals surface area contributed by atoms with Crippen LogP contribution in [-0.4, -0.2) is 95.4 Å². The highest BCUT2D eigenvalue weighted by molar-refractivity contribution is 7.89. The lowest BCUT2D eigenvalue weighted by Gasteiger charge is -2.40. The molecule has 2 atom stereocenters. The summed E-state index contributed by atoms with van der Waals surface area (Å²) in [5.41, 5.74) is 0.531. The first-order valence-corrected chi connectivity index (χ1v) is 13.0. The third-order valence-electron chi connectivity index (χ3n) is 5.54. The van der Waals surface area contributed by atoms with Gasteiger partial charge in [-0.15, -0.1) is 0 Å². The molecule has 2 heterocycles. The Morgan fingerprint density at radius 2 is 1.32 bits per heavy atom. The number of ether oxygens (including phenoxy) is 3. The van der Waals surface area contributed by atoms with Gasteiger partial charge in [0, 0.05) is 45.3 Å². The minimum atomic E-state index is -3.82. The van der Waals surface area contributed by atoms with Crippen molar-refractivity contribution >= 4 is 20.2 Å². The van der Waals surface area contributed by atoms with Gasteiger partial charge in [0.15, 0.2) is 11.5 Å². The van der Waals surface area contributed by atoms with E-state index in [-0.39, 0.29) is 56.4 Å². The quantitative estimate of drug-likeness (QED) is 0.593. The van der Waals surface area contributed by atoms with Crippen molar-refractivity contribution in [1.29, 1.82) is 0 Å². The lowest BCUT2D eigenvalue weighted by molar-refractivity contribution is -0.0456. The molecule has 2 unspecified atom stereocenters. The molecular formula is C19H31N3O7S2. The summed E-state index contributed by atoms with van der Waals surface area (Å²) in [5.74, 6) is 0.771. The zero-order valence-corrected chi connectivity index (χ0v) is 20.2. The van der Waals surface area contributed by atoms with Crippen molar-refractivity contribution in [3.8, 4) is 11.5 Å². The predicted molar refractivity (Wildman–Crippen MR) is 115 cm³/mol. The van der Waals surface area contributed by atoms with Gasteiger partial charge in [0.05, 0.1) is 31.3 Å². The Bertz CT molecular complexity index is 996. The molecular weight excluding hydrogens is 446 g/mol. The summed E-state index contributed by atoms with van der Waals surface area (Å²) >= 11 is 0. The predicted octanol–water partition coefficient (Wildman–Crippen LogP) is 0.673. The molecule has 0 aliphatic carbocycles. The van der Waals surface area contributed by atoms with Crippen LogP contribution in [0.4, 0.5) is 0 Å². The van der Waals surface area contributed by atoms with Gasteiger partial charge in [-0.05, 0) is 32.4 Å². The van der Waals surface area contributed by atoms with Gasteiger partial charge in [-0.2, -0.15) is 21.3 Å². The molecule has 1 aromatic carbocycles. The Balaban J connectivity index is 1.76. The van der Waals surface area contributed by atoms with Crippen molar-refractivity contribution in [3.05, 3.63) is 17.7 Å². The van der Waals surface area contributed by atoms with Gasteiger partial charge in [0.25, 0.3) is 10.2 Å². The number of rotatable bonds is 6. The standard InChI is InChI=1S/C19H31N3O7S2/c1-14-10-17(27-4)18(28-5)11-19(14)30(23,24)20-6-8-21(9-7-20)31(25,26)22-12-15(2)29-16(3)13-22/h10-11,15-16H,6-9,12-13H2,1-5H3. The number of morpholine rings is 1. The number of piperazine rings is 1. The summed E-state index contributed by atoms with van der Waals surface area (Å²) in [5, 5.41) is 0. The van der Waals surface area contributed by atoms with Crippen molar-refractivity contribution in [2.45, 2.75) is 37.9 Å². The molecule has 12 heteroatoms. The van der Waals surface area contributed by atoms with Crippen molar-refractivity contribution in [1.82, 2.24) is 12.9 Å². The summed E-state index contributed by atoms with van der Waals surface area (Å²) in [6.07, 6.45) is -0.374. The molecule has 0 bridgehead atoms. The molecule has 3 rings (SSSR count). The molecule has 2 aliphatic rings. The fourth-order valence-corrected chi connectivity index (χ4v) is 7.39. The Kier molecular flexibility index (Phi) is 7.18. The second kappa shape index (κ2) is 9.20. The fraction of sp³-hybridized carbons (Fsp3) is 0.684. The number of aryl methyl sites for hydroxylation is 1. The van der Waals surface area contributed by atoms with Crippen LogP contribution in [0, 0.1) is 6.92 Å². The molecule has 2 fully saturated rings. The van der Waals surface area contributed by atoms with E-state index in [0.717, 1.165) is 0 Å². The summed E-state index contributed by atoms with van der Waals surface area (Å²) in [6, 6.07) is 3.07. The van der Waals surface area contributed by atoms with Gasteiger partial charge in [0.2, 0.25) is 10.0 Å². The van der Waals surface area contributed by atoms with E-state index in [1.807, 2.05) is 13.8 Å². The number of hydrogen-bond donors (Lipinski definition) is 0. The second-order valence-corrected chi connectivity index (χ2v) is 11.7. The number of nitrogens with zero attached hydrogens (tertiary/aromatic N) is 3. The van der Waals surface area contributed by atoms with Crippen LogP contribution in [0.2, 0.25) is 0 Å². The molecule has 0 radical (unpaired) electrons. The lowest BCUT2D eigenvalue weighted by atomic mass is 10.2. The summed E-state index contributed by atoms with van der Waals surface area (Å²) < 4.78 is 72.8. The summed E-state index contributed by atoms with van der Waals surface area (Å²) in [6.45, 7) is 6.28. The van der Waals surface area contributed by atoms with E-state index in [1.54, 1.807) is 13.0 Å². The van der Waals surface area contributed by atoms with Crippen LogP contribution in [0.1, 0.15) is 19.4 Å². The van der Waals surface area contributed by atoms with Gasteiger partial charge < -0.3 is 14.2 Å². The van der Waals surface area contributed by atoms with Gasteiger partial charge >= 0.3 is 0 Å². The van der Waals surface area contributed by atoms with Crippen molar-refractivity contribution in [2.75, 3.05) is 53.5 Å². The van der Waals surface area contributed by atoms with Crippen LogP contribution >= 0.6 is 0 Å². The molecule has 0 N–H and O–H groups in total. The smallest absolute Gasteiger partial charge is 0.282 e. The van der Waals surface area contributed by atoms with E-state index in [1.165, 1.54) is 33.2 Å². The first-order valence-electron chi connectivity index (χ1n) is 10.1. The fourth-order valence-electron chi connectivity index (χ4n) is 4.00. The van der Waals surface area contributed by atoms with Gasteiger partial charge in [-0.25, -0.2) is 8.42 Å². The zero-order chi connectivity index (χ0) is 23.0. The van der Waals surface area contributed by atoms with E-state index in [2.05, 4.69) is 0 Å². The van der Waals surface area contributed by atoms with Crippen LogP contribution in [0.15, 0.2) is 17.0 Å². The Hall–Kier alpha value is -1.44. The molecule has 10 nitrogen and oxygen atoms in total. The highest BCUT2D eigenvalue weighted by atomic mass is 32.2. The molecule has 0 aromatic heterocycles. The number of benzene rings is 1. The summed E-state index contributed by atoms with van der Waals surface area (Å²) in [7, 11) is -4.57. The maximum Gasteiger partial charge on any atom is 0.282 e. The number of hydrogen-bond acceptors (Lipinski definition) is 7. The molecule has 31 heavy (non-hydrogen) atoms. The van der Waals surface area contributed by atoms with Crippen LogP contribution < -0.4 is 9.47 Å². The molecule has 0 saturated carbocycles. The van der Waals surface area contributed by atoms with Crippen molar-refractivity contribution in [2.24, 2.45) is 0 Å².